The fourth-order valence-corrected chi connectivity index (χ4v) is 1.63. The first kappa shape index (κ1) is 13.5. The highest BCUT2D eigenvalue weighted by Gasteiger charge is 1.90. The zero-order chi connectivity index (χ0) is 12.3. The first-order valence-electron chi connectivity index (χ1n) is 6.31. The lowest BCUT2D eigenvalue weighted by Gasteiger charge is -1.98. The summed E-state index contributed by atoms with van der Waals surface area (Å²) in [6.07, 6.45) is 13.3. The van der Waals surface area contributed by atoms with Gasteiger partial charge in [-0.15, -0.1) is 0 Å². The van der Waals surface area contributed by atoms with Crippen LogP contribution < -0.4 is 0 Å². The lowest BCUT2D eigenvalue weighted by atomic mass is 10.1. The molecule has 0 bridgehead atoms. The summed E-state index contributed by atoms with van der Waals surface area (Å²) in [6, 6.07) is 10.7. The van der Waals surface area contributed by atoms with Gasteiger partial charge in [0, 0.05) is 0 Å². The Labute approximate surface area is 105 Å². The average Bonchev–Trinajstić information content (AvgIpc) is 2.33. The molecule has 1 rings (SSSR count). The highest BCUT2D eigenvalue weighted by Crippen LogP contribution is 2.06. The lowest BCUT2D eigenvalue weighted by molar-refractivity contribution is 0.747. The van der Waals surface area contributed by atoms with Crippen molar-refractivity contribution in [1.29, 1.82) is 0 Å². The van der Waals surface area contributed by atoms with Crippen LogP contribution in [0.25, 0.3) is 0 Å². The van der Waals surface area contributed by atoms with Gasteiger partial charge in [-0.05, 0) is 38.2 Å². The summed E-state index contributed by atoms with van der Waals surface area (Å²) in [6.45, 7) is 5.82. The number of aryl methyl sites for hydroxylation is 1. The Morgan fingerprint density at radius 2 is 1.88 bits per heavy atom. The number of benzene rings is 1. The van der Waals surface area contributed by atoms with E-state index in [0.717, 1.165) is 12.0 Å². The molecule has 1 aromatic rings. The molecule has 0 aliphatic heterocycles. The van der Waals surface area contributed by atoms with Crippen LogP contribution in [0.2, 0.25) is 0 Å². The van der Waals surface area contributed by atoms with Crippen LogP contribution in [0.5, 0.6) is 0 Å². The van der Waals surface area contributed by atoms with Crippen LogP contribution in [0, 0.1) is 0 Å². The van der Waals surface area contributed by atoms with Crippen molar-refractivity contribution in [3.8, 4) is 0 Å². The Morgan fingerprint density at radius 3 is 2.59 bits per heavy atom. The van der Waals surface area contributed by atoms with Crippen molar-refractivity contribution in [3.63, 3.8) is 0 Å². The molecule has 0 heteroatoms. The quantitative estimate of drug-likeness (QED) is 0.449. The van der Waals surface area contributed by atoms with Crippen molar-refractivity contribution >= 4 is 0 Å². The number of hydrogen-bond acceptors (Lipinski definition) is 0. The minimum atomic E-state index is 1.10. The minimum absolute atomic E-state index is 1.10. The largest absolute Gasteiger partial charge is 0.0961 e. The second kappa shape index (κ2) is 8.58. The Bertz CT molecular complexity index is 368. The van der Waals surface area contributed by atoms with Gasteiger partial charge in [0.2, 0.25) is 0 Å². The van der Waals surface area contributed by atoms with Gasteiger partial charge in [-0.25, -0.2) is 0 Å². The van der Waals surface area contributed by atoms with Gasteiger partial charge >= 0.3 is 0 Å². The highest BCUT2D eigenvalue weighted by atomic mass is 14.0. The van der Waals surface area contributed by atoms with Crippen LogP contribution in [0.3, 0.4) is 0 Å². The van der Waals surface area contributed by atoms with Gasteiger partial charge in [0.25, 0.3) is 0 Å². The summed E-state index contributed by atoms with van der Waals surface area (Å²) < 4.78 is 0. The maximum absolute atomic E-state index is 3.82. The average molecular weight is 226 g/mol. The molecule has 0 saturated carbocycles. The summed E-state index contributed by atoms with van der Waals surface area (Å²) in [4.78, 5) is 0. The Morgan fingerprint density at radius 1 is 1.12 bits per heavy atom. The zero-order valence-electron chi connectivity index (χ0n) is 10.7. The predicted molar refractivity (Wildman–Crippen MR) is 77.1 cm³/mol. The molecule has 0 heterocycles. The first-order valence-corrected chi connectivity index (χ1v) is 6.31. The Hall–Kier alpha value is -1.56. The van der Waals surface area contributed by atoms with Crippen LogP contribution in [0.4, 0.5) is 0 Å². The molecule has 0 spiro atoms. The summed E-state index contributed by atoms with van der Waals surface area (Å²) >= 11 is 0. The van der Waals surface area contributed by atoms with Gasteiger partial charge in [0.05, 0.1) is 0 Å². The molecule has 0 atom stereocenters. The van der Waals surface area contributed by atoms with E-state index in [4.69, 9.17) is 0 Å². The summed E-state index contributed by atoms with van der Waals surface area (Å²) in [5.41, 5.74) is 2.54. The number of rotatable bonds is 7. The molecule has 0 fully saturated rings. The smallest absolute Gasteiger partial charge is 0.0279 e. The molecular weight excluding hydrogens is 204 g/mol. The normalized spacial score (nSPS) is 11.4. The molecule has 1 aromatic carbocycles. The van der Waals surface area contributed by atoms with Crippen molar-refractivity contribution in [1.82, 2.24) is 0 Å². The third kappa shape index (κ3) is 7.35. The van der Waals surface area contributed by atoms with Crippen LogP contribution in [0.1, 0.15) is 31.7 Å². The van der Waals surface area contributed by atoms with E-state index in [2.05, 4.69) is 55.1 Å². The molecule has 0 radical (unpaired) electrons. The van der Waals surface area contributed by atoms with Crippen LogP contribution in [0.15, 0.2) is 66.8 Å². The third-order valence-corrected chi connectivity index (χ3v) is 2.56. The third-order valence-electron chi connectivity index (χ3n) is 2.56. The SMILES string of the molecule is C=C(C)C=CC=CCCCCc1ccccc1. The molecule has 0 aliphatic rings. The molecule has 90 valence electrons. The van der Waals surface area contributed by atoms with Crippen LogP contribution in [-0.2, 0) is 6.42 Å². The van der Waals surface area contributed by atoms with Crippen molar-refractivity contribution in [2.24, 2.45) is 0 Å². The maximum atomic E-state index is 3.82. The molecule has 0 amide bonds. The van der Waals surface area contributed by atoms with E-state index in [1.807, 2.05) is 13.0 Å². The number of unbranched alkanes of at least 4 members (excludes halogenated alkanes) is 2. The lowest BCUT2D eigenvalue weighted by Crippen LogP contribution is -1.83. The second-order valence-corrected chi connectivity index (χ2v) is 4.37. The van der Waals surface area contributed by atoms with E-state index in [9.17, 15) is 0 Å². The van der Waals surface area contributed by atoms with Crippen molar-refractivity contribution in [2.75, 3.05) is 0 Å². The molecule has 0 aromatic heterocycles. The molecule has 0 aliphatic carbocycles. The topological polar surface area (TPSA) is 0 Å². The van der Waals surface area contributed by atoms with Gasteiger partial charge in [0.1, 0.15) is 0 Å². The van der Waals surface area contributed by atoms with Gasteiger partial charge < -0.3 is 0 Å². The van der Waals surface area contributed by atoms with Crippen molar-refractivity contribution in [2.45, 2.75) is 32.6 Å². The Kier molecular flexibility index (Phi) is 6.81. The zero-order valence-corrected chi connectivity index (χ0v) is 10.7. The Balaban J connectivity index is 2.07. The van der Waals surface area contributed by atoms with Gasteiger partial charge in [-0.1, -0.05) is 66.8 Å². The van der Waals surface area contributed by atoms with Gasteiger partial charge in [-0.2, -0.15) is 0 Å². The van der Waals surface area contributed by atoms with E-state index in [-0.39, 0.29) is 0 Å². The van der Waals surface area contributed by atoms with Crippen LogP contribution >= 0.6 is 0 Å². The predicted octanol–water partition coefficient (Wildman–Crippen LogP) is 5.09. The van der Waals surface area contributed by atoms with E-state index < -0.39 is 0 Å². The molecule has 0 saturated heterocycles. The molecule has 0 unspecified atom stereocenters. The van der Waals surface area contributed by atoms with E-state index in [0.29, 0.717) is 0 Å². The molecule has 0 nitrogen and oxygen atoms in total. The minimum Gasteiger partial charge on any atom is -0.0961 e. The van der Waals surface area contributed by atoms with E-state index >= 15 is 0 Å². The first-order chi connectivity index (χ1) is 8.29. The maximum Gasteiger partial charge on any atom is -0.0279 e. The van der Waals surface area contributed by atoms with Gasteiger partial charge in [0.15, 0.2) is 0 Å². The number of allylic oxidation sites excluding steroid dienone is 5. The second-order valence-electron chi connectivity index (χ2n) is 4.37. The highest BCUT2D eigenvalue weighted by molar-refractivity contribution is 5.17. The summed E-state index contributed by atoms with van der Waals surface area (Å²) in [5, 5.41) is 0. The van der Waals surface area contributed by atoms with Crippen molar-refractivity contribution in [3.05, 3.63) is 72.4 Å². The van der Waals surface area contributed by atoms with Gasteiger partial charge in [-0.3, -0.25) is 0 Å². The molecular formula is C17H22. The van der Waals surface area contributed by atoms with Crippen molar-refractivity contribution < 1.29 is 0 Å². The monoisotopic (exact) mass is 226 g/mol. The summed E-state index contributed by atoms with van der Waals surface area (Å²) in [7, 11) is 0. The van der Waals surface area contributed by atoms with Crippen LogP contribution in [-0.4, -0.2) is 0 Å². The molecule has 0 N–H and O–H groups in total. The molecule has 17 heavy (non-hydrogen) atoms. The standard InChI is InChI=1S/C17H22/c1-16(2)12-8-5-3-4-6-9-13-17-14-10-7-11-15-17/h3,5,7-8,10-12,14-15H,1,4,6,9,13H2,2H3. The fourth-order valence-electron chi connectivity index (χ4n) is 1.63. The van der Waals surface area contributed by atoms with E-state index in [1.165, 1.54) is 24.8 Å². The summed E-state index contributed by atoms with van der Waals surface area (Å²) in [5.74, 6) is 0. The van der Waals surface area contributed by atoms with E-state index in [1.54, 1.807) is 0 Å². The number of hydrogen-bond donors (Lipinski definition) is 0. The fraction of sp³-hybridized carbons (Fsp3) is 0.294.